The first-order valence-corrected chi connectivity index (χ1v) is 11.7. The van der Waals surface area contributed by atoms with Crippen LogP contribution in [0.25, 0.3) is 11.1 Å². The Labute approximate surface area is 193 Å². The van der Waals surface area contributed by atoms with Crippen molar-refractivity contribution in [3.8, 4) is 11.1 Å². The van der Waals surface area contributed by atoms with E-state index in [1.54, 1.807) is 24.3 Å². The lowest BCUT2D eigenvalue weighted by atomic mass is 9.91. The predicted molar refractivity (Wildman–Crippen MR) is 134 cm³/mol. The SMILES string of the molecule is CC.CC.Cc1c(CC(C)CN2C(=O)c3ccccc3C2=O)cccc1-c1ccccc1. The molecule has 0 saturated heterocycles. The Morgan fingerprint density at radius 2 is 1.19 bits per heavy atom. The molecule has 1 aliphatic rings. The van der Waals surface area contributed by atoms with E-state index in [1.807, 2.05) is 45.9 Å². The molecule has 168 valence electrons. The van der Waals surface area contributed by atoms with Crippen molar-refractivity contribution in [2.45, 2.75) is 48.0 Å². The Bertz CT molecular complexity index is 1010. The molecule has 0 aromatic heterocycles. The van der Waals surface area contributed by atoms with Gasteiger partial charge in [-0.1, -0.05) is 95.3 Å². The fourth-order valence-corrected chi connectivity index (χ4v) is 3.99. The lowest BCUT2D eigenvalue weighted by Crippen LogP contribution is -2.34. The van der Waals surface area contributed by atoms with Crippen LogP contribution in [0.2, 0.25) is 0 Å². The topological polar surface area (TPSA) is 37.4 Å². The van der Waals surface area contributed by atoms with Gasteiger partial charge >= 0.3 is 0 Å². The maximum Gasteiger partial charge on any atom is 0.261 e. The van der Waals surface area contributed by atoms with Gasteiger partial charge in [0.2, 0.25) is 0 Å². The average molecular weight is 430 g/mol. The minimum absolute atomic E-state index is 0.173. The van der Waals surface area contributed by atoms with Gasteiger partial charge in [0.15, 0.2) is 0 Å². The molecule has 2 amide bonds. The van der Waals surface area contributed by atoms with Crippen LogP contribution in [0.4, 0.5) is 0 Å². The van der Waals surface area contributed by atoms with Gasteiger partial charge in [0.25, 0.3) is 11.8 Å². The molecule has 3 aromatic carbocycles. The molecule has 0 radical (unpaired) electrons. The van der Waals surface area contributed by atoms with Crippen molar-refractivity contribution >= 4 is 11.8 Å². The van der Waals surface area contributed by atoms with E-state index >= 15 is 0 Å². The van der Waals surface area contributed by atoms with Crippen LogP contribution in [-0.4, -0.2) is 23.3 Å². The normalized spacial score (nSPS) is 12.9. The molecule has 1 unspecified atom stereocenters. The van der Waals surface area contributed by atoms with Crippen molar-refractivity contribution in [1.29, 1.82) is 0 Å². The largest absolute Gasteiger partial charge is 0.274 e. The minimum atomic E-state index is -0.179. The Morgan fingerprint density at radius 1 is 0.688 bits per heavy atom. The van der Waals surface area contributed by atoms with E-state index in [0.29, 0.717) is 17.7 Å². The standard InChI is InChI=1S/C25H23NO2.2C2H6/c1-17(16-26-24(27)22-12-6-7-13-23(22)25(26)28)15-20-11-8-14-21(18(20)2)19-9-4-3-5-10-19;2*1-2/h3-14,17H,15-16H2,1-2H3;2*1-2H3. The fourth-order valence-electron chi connectivity index (χ4n) is 3.99. The van der Waals surface area contributed by atoms with Crippen LogP contribution >= 0.6 is 0 Å². The third-order valence-corrected chi connectivity index (χ3v) is 5.47. The van der Waals surface area contributed by atoms with Gasteiger partial charge < -0.3 is 0 Å². The van der Waals surface area contributed by atoms with Crippen LogP contribution in [0.1, 0.15) is 66.5 Å². The van der Waals surface area contributed by atoms with Crippen molar-refractivity contribution < 1.29 is 9.59 Å². The van der Waals surface area contributed by atoms with Gasteiger partial charge in [-0.2, -0.15) is 0 Å². The van der Waals surface area contributed by atoms with Crippen LogP contribution in [-0.2, 0) is 6.42 Å². The van der Waals surface area contributed by atoms with E-state index in [0.717, 1.165) is 6.42 Å². The van der Waals surface area contributed by atoms with E-state index < -0.39 is 0 Å². The molecule has 1 aliphatic heterocycles. The van der Waals surface area contributed by atoms with E-state index in [-0.39, 0.29) is 17.7 Å². The smallest absolute Gasteiger partial charge is 0.261 e. The maximum atomic E-state index is 12.6. The Balaban J connectivity index is 0.000000860. The molecule has 3 aromatic rings. The van der Waals surface area contributed by atoms with Gasteiger partial charge in [0.1, 0.15) is 0 Å². The molecule has 0 aliphatic carbocycles. The van der Waals surface area contributed by atoms with E-state index in [1.165, 1.54) is 27.2 Å². The van der Waals surface area contributed by atoms with Crippen molar-refractivity contribution in [3.63, 3.8) is 0 Å². The third-order valence-electron chi connectivity index (χ3n) is 5.47. The first-order valence-electron chi connectivity index (χ1n) is 11.7. The second-order valence-corrected chi connectivity index (χ2v) is 7.53. The quantitative estimate of drug-likeness (QED) is 0.403. The zero-order chi connectivity index (χ0) is 23.7. The number of hydrogen-bond acceptors (Lipinski definition) is 2. The van der Waals surface area contributed by atoms with E-state index in [2.05, 4.69) is 44.2 Å². The number of amides is 2. The Morgan fingerprint density at radius 3 is 1.75 bits per heavy atom. The first kappa shape index (κ1) is 25.1. The molecule has 32 heavy (non-hydrogen) atoms. The highest BCUT2D eigenvalue weighted by molar-refractivity contribution is 6.21. The minimum Gasteiger partial charge on any atom is -0.274 e. The van der Waals surface area contributed by atoms with Crippen molar-refractivity contribution in [1.82, 2.24) is 4.90 Å². The monoisotopic (exact) mass is 429 g/mol. The number of imide groups is 1. The van der Waals surface area contributed by atoms with Crippen molar-refractivity contribution in [3.05, 3.63) is 95.1 Å². The highest BCUT2D eigenvalue weighted by Crippen LogP contribution is 2.28. The highest BCUT2D eigenvalue weighted by atomic mass is 16.2. The van der Waals surface area contributed by atoms with Gasteiger partial charge in [0.05, 0.1) is 11.1 Å². The predicted octanol–water partition coefficient (Wildman–Crippen LogP) is 7.19. The molecule has 1 atom stereocenters. The van der Waals surface area contributed by atoms with Gasteiger partial charge in [-0.25, -0.2) is 0 Å². The summed E-state index contributed by atoms with van der Waals surface area (Å²) in [5.74, 6) is -0.184. The van der Waals surface area contributed by atoms with Gasteiger partial charge in [-0.15, -0.1) is 0 Å². The maximum absolute atomic E-state index is 12.6. The van der Waals surface area contributed by atoms with Crippen molar-refractivity contribution in [2.75, 3.05) is 6.54 Å². The fraction of sp³-hybridized carbons (Fsp3) is 0.310. The summed E-state index contributed by atoms with van der Waals surface area (Å²) in [7, 11) is 0. The third kappa shape index (κ3) is 5.34. The second kappa shape index (κ2) is 12.0. The summed E-state index contributed by atoms with van der Waals surface area (Å²) < 4.78 is 0. The molecule has 0 bridgehead atoms. The molecular formula is C29H35NO2. The summed E-state index contributed by atoms with van der Waals surface area (Å²) in [5.41, 5.74) is 5.97. The Hall–Kier alpha value is -3.20. The second-order valence-electron chi connectivity index (χ2n) is 7.53. The lowest BCUT2D eigenvalue weighted by molar-refractivity contribution is 0.0632. The number of carbonyl (C=O) groups is 2. The number of nitrogens with zero attached hydrogens (tertiary/aromatic N) is 1. The summed E-state index contributed by atoms with van der Waals surface area (Å²) in [6.07, 6.45) is 0.819. The van der Waals surface area contributed by atoms with Gasteiger partial charge in [-0.3, -0.25) is 14.5 Å². The van der Waals surface area contributed by atoms with Gasteiger partial charge in [-0.05, 0) is 53.6 Å². The molecule has 1 heterocycles. The van der Waals surface area contributed by atoms with Crippen molar-refractivity contribution in [2.24, 2.45) is 5.92 Å². The number of benzene rings is 3. The zero-order valence-corrected chi connectivity index (χ0v) is 20.2. The highest BCUT2D eigenvalue weighted by Gasteiger charge is 2.35. The summed E-state index contributed by atoms with van der Waals surface area (Å²) in [6.45, 7) is 12.7. The number of rotatable bonds is 5. The van der Waals surface area contributed by atoms with Crippen LogP contribution in [0.5, 0.6) is 0 Å². The van der Waals surface area contributed by atoms with Crippen LogP contribution in [0, 0.1) is 12.8 Å². The summed E-state index contributed by atoms with van der Waals surface area (Å²) in [5, 5.41) is 0. The Kier molecular flexibility index (Phi) is 9.39. The number of hydrogen-bond donors (Lipinski definition) is 0. The summed E-state index contributed by atoms with van der Waals surface area (Å²) >= 11 is 0. The molecule has 0 spiro atoms. The van der Waals surface area contributed by atoms with Crippen LogP contribution in [0.15, 0.2) is 72.8 Å². The first-order chi connectivity index (χ1) is 15.6. The average Bonchev–Trinajstić information content (AvgIpc) is 3.08. The molecule has 0 fully saturated rings. The molecule has 0 N–H and O–H groups in total. The molecular weight excluding hydrogens is 394 g/mol. The number of carbonyl (C=O) groups excluding carboxylic acids is 2. The zero-order valence-electron chi connectivity index (χ0n) is 20.2. The molecule has 3 nitrogen and oxygen atoms in total. The summed E-state index contributed by atoms with van der Waals surface area (Å²) in [6, 6.07) is 23.8. The lowest BCUT2D eigenvalue weighted by Gasteiger charge is -2.21. The molecule has 4 rings (SSSR count). The van der Waals surface area contributed by atoms with Crippen LogP contribution < -0.4 is 0 Å². The molecule has 3 heteroatoms. The summed E-state index contributed by atoms with van der Waals surface area (Å²) in [4.78, 5) is 26.6. The number of fused-ring (bicyclic) bond motifs is 1. The van der Waals surface area contributed by atoms with Gasteiger partial charge in [0, 0.05) is 6.54 Å². The van der Waals surface area contributed by atoms with Crippen LogP contribution in [0.3, 0.4) is 0 Å². The molecule has 0 saturated carbocycles. The van der Waals surface area contributed by atoms with E-state index in [9.17, 15) is 9.59 Å². The van der Waals surface area contributed by atoms with E-state index in [4.69, 9.17) is 0 Å².